The third-order valence-corrected chi connectivity index (χ3v) is 16.0. The fraction of sp³-hybridized carbons (Fsp3) is 0.821. The van der Waals surface area contributed by atoms with Gasteiger partial charge in [-0.25, -0.2) is 0 Å². The van der Waals surface area contributed by atoms with Crippen LogP contribution in [0, 0.1) is 74.4 Å². The van der Waals surface area contributed by atoms with Gasteiger partial charge in [-0.05, 0) is 158 Å². The van der Waals surface area contributed by atoms with Crippen molar-refractivity contribution in [3.63, 3.8) is 0 Å². The number of fused-ring (bicyclic) bond motifs is 8. The van der Waals surface area contributed by atoms with Crippen LogP contribution in [0.3, 0.4) is 0 Å². The minimum atomic E-state index is 0.0353. The van der Waals surface area contributed by atoms with Crippen molar-refractivity contribution in [1.82, 2.24) is 0 Å². The summed E-state index contributed by atoms with van der Waals surface area (Å²) in [4.78, 5) is 12.4. The Bertz CT molecular complexity index is 1220. The van der Waals surface area contributed by atoms with E-state index >= 15 is 0 Å². The molecule has 0 spiro atoms. The van der Waals surface area contributed by atoms with E-state index in [4.69, 9.17) is 4.74 Å². The zero-order valence-corrected chi connectivity index (χ0v) is 27.6. The van der Waals surface area contributed by atoms with Crippen LogP contribution in [-0.4, -0.2) is 12.6 Å². The molecule has 0 N–H and O–H groups in total. The van der Waals surface area contributed by atoms with Gasteiger partial charge in [-0.1, -0.05) is 65.8 Å². The van der Waals surface area contributed by atoms with Gasteiger partial charge < -0.3 is 4.74 Å². The Morgan fingerprint density at radius 3 is 2.37 bits per heavy atom. The molecule has 3 unspecified atom stereocenters. The number of allylic oxidation sites excluding steroid dienone is 5. The maximum absolute atomic E-state index is 12.4. The lowest BCUT2D eigenvalue weighted by molar-refractivity contribution is -0.225. The minimum absolute atomic E-state index is 0.0353. The van der Waals surface area contributed by atoms with E-state index in [-0.39, 0.29) is 17.3 Å². The van der Waals surface area contributed by atoms with E-state index in [0.717, 1.165) is 36.0 Å². The van der Waals surface area contributed by atoms with Crippen molar-refractivity contribution in [2.45, 2.75) is 120 Å². The summed E-state index contributed by atoms with van der Waals surface area (Å²) in [6.07, 6.45) is 18.8. The molecule has 0 bridgehead atoms. The highest BCUT2D eigenvalue weighted by molar-refractivity contribution is 5.78. The molecule has 7 aliphatic rings. The van der Waals surface area contributed by atoms with Crippen molar-refractivity contribution >= 4 is 5.97 Å². The zero-order valence-electron chi connectivity index (χ0n) is 27.6. The molecular formula is C39H58O2. The molecule has 5 fully saturated rings. The molecule has 7 rings (SSSR count). The lowest BCUT2D eigenvalue weighted by Crippen LogP contribution is -2.65. The number of hydrogen-bond donors (Lipinski definition) is 0. The van der Waals surface area contributed by atoms with Crippen LogP contribution in [0.1, 0.15) is 120 Å². The van der Waals surface area contributed by atoms with Crippen molar-refractivity contribution in [3.8, 4) is 0 Å². The molecule has 0 aliphatic heterocycles. The highest BCUT2D eigenvalue weighted by Crippen LogP contribution is 2.77. The van der Waals surface area contributed by atoms with Crippen LogP contribution in [0.2, 0.25) is 0 Å². The van der Waals surface area contributed by atoms with Crippen molar-refractivity contribution in [2.75, 3.05) is 6.61 Å². The summed E-state index contributed by atoms with van der Waals surface area (Å²) in [7, 11) is 0. The molecule has 2 heteroatoms. The van der Waals surface area contributed by atoms with Gasteiger partial charge >= 0.3 is 5.97 Å². The van der Waals surface area contributed by atoms with Crippen LogP contribution in [0.4, 0.5) is 0 Å². The molecule has 0 aromatic heterocycles. The number of carbonyl (C=O) groups excluding carboxylic acids is 1. The summed E-state index contributed by atoms with van der Waals surface area (Å²) >= 11 is 0. The number of rotatable bonds is 4. The third kappa shape index (κ3) is 3.58. The van der Waals surface area contributed by atoms with E-state index in [2.05, 4.69) is 67.2 Å². The van der Waals surface area contributed by atoms with Gasteiger partial charge in [-0.2, -0.15) is 0 Å². The van der Waals surface area contributed by atoms with Gasteiger partial charge in [-0.3, -0.25) is 4.79 Å². The van der Waals surface area contributed by atoms with E-state index in [1.54, 1.807) is 11.1 Å². The quantitative estimate of drug-likeness (QED) is 0.253. The molecule has 0 aromatic rings. The van der Waals surface area contributed by atoms with Crippen molar-refractivity contribution in [2.24, 2.45) is 74.4 Å². The average Bonchev–Trinajstić information content (AvgIpc) is 3.20. The van der Waals surface area contributed by atoms with Gasteiger partial charge in [0.05, 0.1) is 12.5 Å². The maximum atomic E-state index is 12.4. The van der Waals surface area contributed by atoms with Crippen molar-refractivity contribution < 1.29 is 9.53 Å². The molecule has 0 radical (unpaired) electrons. The van der Waals surface area contributed by atoms with Gasteiger partial charge in [0.1, 0.15) is 0 Å². The highest BCUT2D eigenvalue weighted by Gasteiger charge is 2.70. The first kappa shape index (κ1) is 28.5. The molecule has 0 amide bonds. The second kappa shape index (κ2) is 8.88. The molecule has 0 heterocycles. The van der Waals surface area contributed by atoms with Crippen LogP contribution < -0.4 is 0 Å². The number of hydrogen-bond acceptors (Lipinski definition) is 2. The molecule has 0 saturated heterocycles. The smallest absolute Gasteiger partial charge is 0.309 e. The molecule has 5 saturated carbocycles. The van der Waals surface area contributed by atoms with Crippen LogP contribution >= 0.6 is 0 Å². The topological polar surface area (TPSA) is 26.3 Å². The SMILES string of the molecule is C=C(C)[C@@H]1CC[C@]2(C)CC[C@]3(C)[C@H](CC[C@@H]4[C@@]5(C)CC=C(C6=CC7C(C6)C7C(=O)OCC)C(C)(C)[C@@H]5CC[C@]43C)[C@@H]12. The standard InChI is InChI=1S/C39H58O2/c1-10-41-34(40)32-26-21-24(22-27(26)32)28-14-17-37(7)30(35(28,4)5)15-18-39(9)31(37)12-11-29-33-25(23(2)3)13-16-36(33,6)19-20-38(29,39)8/h14,21,25-27,29-33H,2,10-13,15-20,22H2,1,3-9H3/t25-,26?,27?,29+,30-,31+,32?,33+,36+,37-,38+,39+/m0/s1. The van der Waals surface area contributed by atoms with Crippen LogP contribution in [0.15, 0.2) is 35.5 Å². The van der Waals surface area contributed by atoms with Gasteiger partial charge in [0.2, 0.25) is 0 Å². The van der Waals surface area contributed by atoms with E-state index in [0.29, 0.717) is 40.1 Å². The van der Waals surface area contributed by atoms with E-state index in [1.807, 2.05) is 6.92 Å². The maximum Gasteiger partial charge on any atom is 0.309 e. The molecule has 7 aliphatic carbocycles. The van der Waals surface area contributed by atoms with Crippen LogP contribution in [-0.2, 0) is 9.53 Å². The Labute approximate surface area is 251 Å². The first-order chi connectivity index (χ1) is 19.2. The minimum Gasteiger partial charge on any atom is -0.466 e. The second-order valence-corrected chi connectivity index (χ2v) is 17.8. The first-order valence-corrected chi connectivity index (χ1v) is 17.5. The predicted molar refractivity (Wildman–Crippen MR) is 168 cm³/mol. The fourth-order valence-corrected chi connectivity index (χ4v) is 13.9. The number of ether oxygens (including phenoxy) is 1. The zero-order chi connectivity index (χ0) is 29.3. The summed E-state index contributed by atoms with van der Waals surface area (Å²) in [5.74, 6) is 5.06. The molecule has 226 valence electrons. The van der Waals surface area contributed by atoms with Gasteiger partial charge in [-0.15, -0.1) is 0 Å². The first-order valence-electron chi connectivity index (χ1n) is 17.5. The van der Waals surface area contributed by atoms with E-state index in [1.165, 1.54) is 63.4 Å². The Morgan fingerprint density at radius 2 is 1.71 bits per heavy atom. The molecule has 12 atom stereocenters. The number of carbonyl (C=O) groups is 1. The Kier molecular flexibility index (Phi) is 6.16. The molecular weight excluding hydrogens is 500 g/mol. The molecule has 0 aromatic carbocycles. The highest BCUT2D eigenvalue weighted by atomic mass is 16.5. The van der Waals surface area contributed by atoms with Crippen LogP contribution in [0.5, 0.6) is 0 Å². The summed E-state index contributed by atoms with van der Waals surface area (Å²) in [5, 5.41) is 0. The Balaban J connectivity index is 1.18. The summed E-state index contributed by atoms with van der Waals surface area (Å²) < 4.78 is 5.37. The van der Waals surface area contributed by atoms with Crippen LogP contribution in [0.25, 0.3) is 0 Å². The summed E-state index contributed by atoms with van der Waals surface area (Å²) in [6, 6.07) is 0. The summed E-state index contributed by atoms with van der Waals surface area (Å²) in [5.41, 5.74) is 6.61. The molecule has 2 nitrogen and oxygen atoms in total. The largest absolute Gasteiger partial charge is 0.466 e. The Hall–Kier alpha value is -1.31. The van der Waals surface area contributed by atoms with Crippen molar-refractivity contribution in [1.29, 1.82) is 0 Å². The fourth-order valence-electron chi connectivity index (χ4n) is 13.9. The van der Waals surface area contributed by atoms with Gasteiger partial charge in [0.25, 0.3) is 0 Å². The van der Waals surface area contributed by atoms with Gasteiger partial charge in [0.15, 0.2) is 0 Å². The van der Waals surface area contributed by atoms with Crippen molar-refractivity contribution in [3.05, 3.63) is 35.5 Å². The second-order valence-electron chi connectivity index (χ2n) is 17.8. The normalized spacial score (nSPS) is 52.6. The van der Waals surface area contributed by atoms with Gasteiger partial charge in [0, 0.05) is 0 Å². The van der Waals surface area contributed by atoms with E-state index < -0.39 is 0 Å². The summed E-state index contributed by atoms with van der Waals surface area (Å²) in [6.45, 7) is 25.3. The Morgan fingerprint density at radius 1 is 0.951 bits per heavy atom. The lowest BCUT2D eigenvalue weighted by atomic mass is 9.32. The average molecular weight is 559 g/mol. The number of esters is 1. The monoisotopic (exact) mass is 558 g/mol. The predicted octanol–water partition coefficient (Wildman–Crippen LogP) is 9.96. The lowest BCUT2D eigenvalue weighted by Gasteiger charge is -2.72. The van der Waals surface area contributed by atoms with E-state index in [9.17, 15) is 4.79 Å². The molecule has 41 heavy (non-hydrogen) atoms. The third-order valence-electron chi connectivity index (χ3n) is 16.0.